The minimum atomic E-state index is -4.40. The highest BCUT2D eigenvalue weighted by Crippen LogP contribution is 2.29. The standard InChI is InChI=1S/C13H10F3NO2/c14-13(15,16)10-5-3-9(4-6-10)12(18)17-8-11-2-1-7-19-11/h1-7H,8H2,(H,17,18). The Morgan fingerprint density at radius 3 is 2.37 bits per heavy atom. The van der Waals surface area contributed by atoms with E-state index in [2.05, 4.69) is 5.32 Å². The molecule has 3 nitrogen and oxygen atoms in total. The van der Waals surface area contributed by atoms with Crippen LogP contribution in [-0.4, -0.2) is 5.91 Å². The van der Waals surface area contributed by atoms with E-state index in [4.69, 9.17) is 4.42 Å². The van der Waals surface area contributed by atoms with Gasteiger partial charge in [0.05, 0.1) is 18.4 Å². The molecule has 2 aromatic rings. The average Bonchev–Trinajstić information content (AvgIpc) is 2.88. The van der Waals surface area contributed by atoms with Crippen LogP contribution in [0.2, 0.25) is 0 Å². The van der Waals surface area contributed by atoms with Crippen LogP contribution in [0.15, 0.2) is 47.1 Å². The van der Waals surface area contributed by atoms with Gasteiger partial charge in [0.2, 0.25) is 0 Å². The molecule has 1 aromatic heterocycles. The first-order valence-electron chi connectivity index (χ1n) is 5.44. The number of furan rings is 1. The molecule has 0 saturated carbocycles. The number of halogens is 3. The summed E-state index contributed by atoms with van der Waals surface area (Å²) in [6.45, 7) is 0.187. The van der Waals surface area contributed by atoms with E-state index < -0.39 is 17.6 Å². The molecule has 100 valence electrons. The maximum Gasteiger partial charge on any atom is 0.416 e. The summed E-state index contributed by atoms with van der Waals surface area (Å²) < 4.78 is 42.0. The fourth-order valence-corrected chi connectivity index (χ4v) is 1.49. The average molecular weight is 269 g/mol. The van der Waals surface area contributed by atoms with Gasteiger partial charge in [0, 0.05) is 5.56 Å². The van der Waals surface area contributed by atoms with Gasteiger partial charge >= 0.3 is 6.18 Å². The van der Waals surface area contributed by atoms with Gasteiger partial charge in [-0.1, -0.05) is 0 Å². The number of hydrogen-bond acceptors (Lipinski definition) is 2. The van der Waals surface area contributed by atoms with Crippen molar-refractivity contribution in [2.75, 3.05) is 0 Å². The van der Waals surface area contributed by atoms with Crippen molar-refractivity contribution in [2.45, 2.75) is 12.7 Å². The second-order valence-electron chi connectivity index (χ2n) is 3.84. The summed E-state index contributed by atoms with van der Waals surface area (Å²) in [4.78, 5) is 11.7. The van der Waals surface area contributed by atoms with E-state index in [0.717, 1.165) is 24.3 Å². The normalized spacial score (nSPS) is 11.3. The van der Waals surface area contributed by atoms with E-state index in [0.29, 0.717) is 5.76 Å². The van der Waals surface area contributed by atoms with Crippen molar-refractivity contribution < 1.29 is 22.4 Å². The van der Waals surface area contributed by atoms with Crippen LogP contribution in [-0.2, 0) is 12.7 Å². The summed E-state index contributed by atoms with van der Waals surface area (Å²) in [6, 6.07) is 7.40. The zero-order valence-electron chi connectivity index (χ0n) is 9.70. The SMILES string of the molecule is O=C(NCc1ccco1)c1ccc(C(F)(F)F)cc1. The van der Waals surface area contributed by atoms with E-state index >= 15 is 0 Å². The Labute approximate surface area is 107 Å². The molecule has 6 heteroatoms. The van der Waals surface area contributed by atoms with Crippen LogP contribution in [0.3, 0.4) is 0 Å². The molecule has 0 spiro atoms. The molecular formula is C13H10F3NO2. The van der Waals surface area contributed by atoms with Crippen LogP contribution in [0, 0.1) is 0 Å². The molecule has 0 fully saturated rings. The molecule has 2 rings (SSSR count). The Balaban J connectivity index is 2.00. The van der Waals surface area contributed by atoms with E-state index in [1.807, 2.05) is 0 Å². The molecule has 0 bridgehead atoms. The Hall–Kier alpha value is -2.24. The predicted octanol–water partition coefficient (Wildman–Crippen LogP) is 3.23. The molecule has 0 radical (unpaired) electrons. The molecule has 1 N–H and O–H groups in total. The van der Waals surface area contributed by atoms with Crippen molar-refractivity contribution in [1.29, 1.82) is 0 Å². The number of carbonyl (C=O) groups excluding carboxylic acids is 1. The number of amides is 1. The fraction of sp³-hybridized carbons (Fsp3) is 0.154. The maximum atomic E-state index is 12.3. The minimum Gasteiger partial charge on any atom is -0.467 e. The molecule has 1 amide bonds. The van der Waals surface area contributed by atoms with Gasteiger partial charge in [-0.05, 0) is 36.4 Å². The lowest BCUT2D eigenvalue weighted by Gasteiger charge is -2.07. The first kappa shape index (κ1) is 13.2. The van der Waals surface area contributed by atoms with Crippen molar-refractivity contribution >= 4 is 5.91 Å². The number of benzene rings is 1. The molecule has 19 heavy (non-hydrogen) atoms. The van der Waals surface area contributed by atoms with Crippen molar-refractivity contribution in [1.82, 2.24) is 5.32 Å². The van der Waals surface area contributed by atoms with Crippen LogP contribution in [0.1, 0.15) is 21.7 Å². The van der Waals surface area contributed by atoms with E-state index in [-0.39, 0.29) is 12.1 Å². The second kappa shape index (κ2) is 5.17. The fourth-order valence-electron chi connectivity index (χ4n) is 1.49. The minimum absolute atomic E-state index is 0.166. The van der Waals surface area contributed by atoms with Crippen molar-refractivity contribution in [2.24, 2.45) is 0 Å². The number of nitrogens with one attached hydrogen (secondary N) is 1. The molecule has 1 heterocycles. The highest BCUT2D eigenvalue weighted by Gasteiger charge is 2.30. The lowest BCUT2D eigenvalue weighted by molar-refractivity contribution is -0.137. The molecular weight excluding hydrogens is 259 g/mol. The summed E-state index contributed by atoms with van der Waals surface area (Å²) >= 11 is 0. The third-order valence-corrected chi connectivity index (χ3v) is 2.48. The van der Waals surface area contributed by atoms with E-state index in [9.17, 15) is 18.0 Å². The summed E-state index contributed by atoms with van der Waals surface area (Å²) in [7, 11) is 0. The van der Waals surface area contributed by atoms with E-state index in [1.54, 1.807) is 12.1 Å². The number of carbonyl (C=O) groups is 1. The molecule has 0 aliphatic carbocycles. The zero-order chi connectivity index (χ0) is 13.9. The Morgan fingerprint density at radius 1 is 1.16 bits per heavy atom. The van der Waals surface area contributed by atoms with Gasteiger partial charge in [-0.25, -0.2) is 0 Å². The highest BCUT2D eigenvalue weighted by molar-refractivity contribution is 5.94. The molecule has 0 atom stereocenters. The topological polar surface area (TPSA) is 42.2 Å². The number of alkyl halides is 3. The van der Waals surface area contributed by atoms with Crippen LogP contribution in [0.25, 0.3) is 0 Å². The lowest BCUT2D eigenvalue weighted by atomic mass is 10.1. The summed E-state index contributed by atoms with van der Waals surface area (Å²) in [5.74, 6) is 0.116. The lowest BCUT2D eigenvalue weighted by Crippen LogP contribution is -2.22. The van der Waals surface area contributed by atoms with Crippen molar-refractivity contribution in [3.05, 3.63) is 59.5 Å². The Bertz CT molecular complexity index is 544. The van der Waals surface area contributed by atoms with Crippen molar-refractivity contribution in [3.63, 3.8) is 0 Å². The molecule has 0 aliphatic rings. The first-order chi connectivity index (χ1) is 8.97. The van der Waals surface area contributed by atoms with Crippen LogP contribution in [0.5, 0.6) is 0 Å². The molecule has 0 saturated heterocycles. The molecule has 0 unspecified atom stereocenters. The largest absolute Gasteiger partial charge is 0.467 e. The zero-order valence-corrected chi connectivity index (χ0v) is 9.70. The van der Waals surface area contributed by atoms with Gasteiger partial charge in [-0.2, -0.15) is 13.2 Å². The van der Waals surface area contributed by atoms with Gasteiger partial charge in [-0.3, -0.25) is 4.79 Å². The van der Waals surface area contributed by atoms with Gasteiger partial charge in [0.15, 0.2) is 0 Å². The van der Waals surface area contributed by atoms with Gasteiger partial charge < -0.3 is 9.73 Å². The Morgan fingerprint density at radius 2 is 1.84 bits per heavy atom. The van der Waals surface area contributed by atoms with Gasteiger partial charge in [-0.15, -0.1) is 0 Å². The van der Waals surface area contributed by atoms with E-state index in [1.165, 1.54) is 6.26 Å². The Kier molecular flexibility index (Phi) is 3.59. The van der Waals surface area contributed by atoms with Gasteiger partial charge in [0.25, 0.3) is 5.91 Å². The highest BCUT2D eigenvalue weighted by atomic mass is 19.4. The first-order valence-corrected chi connectivity index (χ1v) is 5.44. The third-order valence-electron chi connectivity index (χ3n) is 2.48. The van der Waals surface area contributed by atoms with Crippen LogP contribution >= 0.6 is 0 Å². The summed E-state index contributed by atoms with van der Waals surface area (Å²) in [6.07, 6.45) is -2.93. The maximum absolute atomic E-state index is 12.3. The number of hydrogen-bond donors (Lipinski definition) is 1. The number of rotatable bonds is 3. The van der Waals surface area contributed by atoms with Crippen LogP contribution in [0.4, 0.5) is 13.2 Å². The molecule has 0 aliphatic heterocycles. The van der Waals surface area contributed by atoms with Crippen molar-refractivity contribution in [3.8, 4) is 0 Å². The van der Waals surface area contributed by atoms with Gasteiger partial charge in [0.1, 0.15) is 5.76 Å². The second-order valence-corrected chi connectivity index (χ2v) is 3.84. The smallest absolute Gasteiger partial charge is 0.416 e. The summed E-state index contributed by atoms with van der Waals surface area (Å²) in [5, 5.41) is 2.55. The van der Waals surface area contributed by atoms with Crippen LogP contribution < -0.4 is 5.32 Å². The predicted molar refractivity (Wildman–Crippen MR) is 61.3 cm³/mol. The molecule has 1 aromatic carbocycles. The third kappa shape index (κ3) is 3.37. The summed E-state index contributed by atoms with van der Waals surface area (Å²) in [5.41, 5.74) is -0.616. The quantitative estimate of drug-likeness (QED) is 0.929. The monoisotopic (exact) mass is 269 g/mol.